The van der Waals surface area contributed by atoms with Crippen LogP contribution < -0.4 is 15.6 Å². The Morgan fingerprint density at radius 2 is 1.81 bits per heavy atom. The van der Waals surface area contributed by atoms with Crippen molar-refractivity contribution in [3.05, 3.63) is 45.7 Å². The van der Waals surface area contributed by atoms with E-state index >= 15 is 0 Å². The van der Waals surface area contributed by atoms with Crippen LogP contribution >= 0.6 is 0 Å². The SMILES string of the molecule is COc1cccc([C@@H]2CC(=O)Nc3c2c(=O)[nH]n3C2CCCCCCC2)c1. The normalized spacial score (nSPS) is 21.1. The molecule has 1 atom stereocenters. The number of nitrogens with one attached hydrogen (secondary N) is 2. The van der Waals surface area contributed by atoms with Crippen molar-refractivity contribution in [3.8, 4) is 5.75 Å². The number of rotatable bonds is 3. The van der Waals surface area contributed by atoms with E-state index in [9.17, 15) is 9.59 Å². The third kappa shape index (κ3) is 3.53. The molecule has 27 heavy (non-hydrogen) atoms. The topological polar surface area (TPSA) is 76.1 Å². The molecule has 1 aliphatic heterocycles. The Kier molecular flexibility index (Phi) is 5.05. The number of fused-ring (bicyclic) bond motifs is 1. The monoisotopic (exact) mass is 369 g/mol. The molecule has 144 valence electrons. The van der Waals surface area contributed by atoms with Gasteiger partial charge in [0.25, 0.3) is 5.56 Å². The first kappa shape index (κ1) is 17.9. The number of carbonyl (C=O) groups is 1. The second-order valence-corrected chi connectivity index (χ2v) is 7.65. The largest absolute Gasteiger partial charge is 0.497 e. The molecule has 0 radical (unpaired) electrons. The molecular weight excluding hydrogens is 342 g/mol. The lowest BCUT2D eigenvalue weighted by molar-refractivity contribution is -0.116. The van der Waals surface area contributed by atoms with Crippen LogP contribution in [0.3, 0.4) is 0 Å². The number of methoxy groups -OCH3 is 1. The van der Waals surface area contributed by atoms with E-state index in [0.29, 0.717) is 11.4 Å². The standard InChI is InChI=1S/C21H27N3O3/c1-27-16-11-7-8-14(12-16)17-13-18(25)22-20-19(17)21(26)23-24(20)15-9-5-3-2-4-6-10-15/h7-8,11-12,15,17H,2-6,9-10,13H2,1H3,(H,22,25)(H,23,26)/t17-/m0/s1. The summed E-state index contributed by atoms with van der Waals surface area (Å²) in [6.45, 7) is 0. The van der Waals surface area contributed by atoms with E-state index in [4.69, 9.17) is 4.74 Å². The number of hydrogen-bond acceptors (Lipinski definition) is 3. The first-order valence-electron chi connectivity index (χ1n) is 9.95. The summed E-state index contributed by atoms with van der Waals surface area (Å²) in [5, 5.41) is 6.01. The summed E-state index contributed by atoms with van der Waals surface area (Å²) < 4.78 is 7.26. The number of aromatic nitrogens is 2. The Bertz CT molecular complexity index is 875. The fourth-order valence-electron chi connectivity index (χ4n) is 4.49. The molecule has 1 aromatic carbocycles. The van der Waals surface area contributed by atoms with Gasteiger partial charge in [0.2, 0.25) is 5.91 Å². The highest BCUT2D eigenvalue weighted by molar-refractivity contribution is 5.94. The Hall–Kier alpha value is -2.50. The van der Waals surface area contributed by atoms with E-state index in [1.807, 2.05) is 28.9 Å². The summed E-state index contributed by atoms with van der Waals surface area (Å²) in [5.41, 5.74) is 1.51. The zero-order chi connectivity index (χ0) is 18.8. The Morgan fingerprint density at radius 1 is 1.07 bits per heavy atom. The maximum Gasteiger partial charge on any atom is 0.270 e. The van der Waals surface area contributed by atoms with E-state index in [2.05, 4.69) is 10.4 Å². The molecule has 0 bridgehead atoms. The summed E-state index contributed by atoms with van der Waals surface area (Å²) in [7, 11) is 1.62. The molecular formula is C21H27N3O3. The van der Waals surface area contributed by atoms with Crippen molar-refractivity contribution >= 4 is 11.7 Å². The van der Waals surface area contributed by atoms with Gasteiger partial charge in [-0.05, 0) is 30.5 Å². The lowest BCUT2D eigenvalue weighted by Gasteiger charge is -2.27. The van der Waals surface area contributed by atoms with Crippen LogP contribution in [0.25, 0.3) is 0 Å². The Labute approximate surface area is 158 Å². The van der Waals surface area contributed by atoms with Crippen molar-refractivity contribution < 1.29 is 9.53 Å². The van der Waals surface area contributed by atoms with Crippen molar-refractivity contribution in [2.75, 3.05) is 12.4 Å². The van der Waals surface area contributed by atoms with Crippen LogP contribution in [0.4, 0.5) is 5.82 Å². The number of nitrogens with zero attached hydrogens (tertiary/aromatic N) is 1. The van der Waals surface area contributed by atoms with Gasteiger partial charge in [0.05, 0.1) is 18.7 Å². The van der Waals surface area contributed by atoms with Crippen LogP contribution in [0.2, 0.25) is 0 Å². The highest BCUT2D eigenvalue weighted by Crippen LogP contribution is 2.38. The predicted molar refractivity (Wildman–Crippen MR) is 104 cm³/mol. The molecule has 1 saturated carbocycles. The second kappa shape index (κ2) is 7.62. The third-order valence-electron chi connectivity index (χ3n) is 5.89. The molecule has 2 N–H and O–H groups in total. The first-order chi connectivity index (χ1) is 13.2. The van der Waals surface area contributed by atoms with Gasteiger partial charge in [-0.25, -0.2) is 0 Å². The van der Waals surface area contributed by atoms with Gasteiger partial charge in [-0.1, -0.05) is 44.2 Å². The van der Waals surface area contributed by atoms with Crippen LogP contribution in [0, 0.1) is 0 Å². The van der Waals surface area contributed by atoms with E-state index in [1.54, 1.807) is 7.11 Å². The number of benzene rings is 1. The molecule has 1 aromatic heterocycles. The average molecular weight is 369 g/mol. The highest BCUT2D eigenvalue weighted by Gasteiger charge is 2.34. The van der Waals surface area contributed by atoms with Crippen molar-refractivity contribution in [1.82, 2.24) is 9.78 Å². The third-order valence-corrected chi connectivity index (χ3v) is 5.89. The van der Waals surface area contributed by atoms with Crippen molar-refractivity contribution in [2.45, 2.75) is 63.3 Å². The molecule has 2 heterocycles. The van der Waals surface area contributed by atoms with E-state index in [0.717, 1.165) is 37.0 Å². The maximum atomic E-state index is 12.9. The second-order valence-electron chi connectivity index (χ2n) is 7.65. The number of amides is 1. The number of aromatic amines is 1. The van der Waals surface area contributed by atoms with Crippen molar-refractivity contribution in [2.24, 2.45) is 0 Å². The van der Waals surface area contributed by atoms with Gasteiger partial charge in [-0.15, -0.1) is 0 Å². The number of anilines is 1. The van der Waals surface area contributed by atoms with Gasteiger partial charge in [-0.2, -0.15) is 0 Å². The summed E-state index contributed by atoms with van der Waals surface area (Å²) in [5.74, 6) is 1.10. The molecule has 2 aliphatic rings. The summed E-state index contributed by atoms with van der Waals surface area (Å²) in [6, 6.07) is 7.89. The lowest BCUT2D eigenvalue weighted by Crippen LogP contribution is -2.27. The number of H-pyrrole nitrogens is 1. The molecule has 1 fully saturated rings. The zero-order valence-corrected chi connectivity index (χ0v) is 15.8. The van der Waals surface area contributed by atoms with Crippen molar-refractivity contribution in [3.63, 3.8) is 0 Å². The van der Waals surface area contributed by atoms with Crippen LogP contribution in [0.5, 0.6) is 5.75 Å². The van der Waals surface area contributed by atoms with Crippen LogP contribution in [-0.2, 0) is 4.79 Å². The smallest absolute Gasteiger partial charge is 0.270 e. The van der Waals surface area contributed by atoms with E-state index < -0.39 is 0 Å². The minimum absolute atomic E-state index is 0.0473. The fourth-order valence-corrected chi connectivity index (χ4v) is 4.49. The van der Waals surface area contributed by atoms with Gasteiger partial charge in [0, 0.05) is 12.3 Å². The van der Waals surface area contributed by atoms with E-state index in [1.165, 1.54) is 19.3 Å². The molecule has 6 heteroatoms. The maximum absolute atomic E-state index is 12.9. The fraction of sp³-hybridized carbons (Fsp3) is 0.524. The van der Waals surface area contributed by atoms with Gasteiger partial charge in [0.1, 0.15) is 11.6 Å². The first-order valence-corrected chi connectivity index (χ1v) is 9.95. The molecule has 6 nitrogen and oxygen atoms in total. The molecule has 1 amide bonds. The summed E-state index contributed by atoms with van der Waals surface area (Å²) in [4.78, 5) is 25.3. The Morgan fingerprint density at radius 3 is 2.56 bits per heavy atom. The molecule has 1 aliphatic carbocycles. The quantitative estimate of drug-likeness (QED) is 0.860. The van der Waals surface area contributed by atoms with Crippen LogP contribution in [0.1, 0.15) is 74.5 Å². The highest BCUT2D eigenvalue weighted by atomic mass is 16.5. The summed E-state index contributed by atoms with van der Waals surface area (Å²) in [6.07, 6.45) is 8.44. The minimum Gasteiger partial charge on any atom is -0.497 e. The lowest BCUT2D eigenvalue weighted by atomic mass is 9.87. The molecule has 4 rings (SSSR count). The van der Waals surface area contributed by atoms with Gasteiger partial charge < -0.3 is 10.1 Å². The van der Waals surface area contributed by atoms with Crippen LogP contribution in [0.15, 0.2) is 29.1 Å². The molecule has 0 spiro atoms. The minimum atomic E-state index is -0.248. The van der Waals surface area contributed by atoms with Gasteiger partial charge in [-0.3, -0.25) is 19.4 Å². The molecule has 0 unspecified atom stereocenters. The van der Waals surface area contributed by atoms with Gasteiger partial charge in [0.15, 0.2) is 0 Å². The zero-order valence-electron chi connectivity index (χ0n) is 15.8. The number of hydrogen-bond donors (Lipinski definition) is 2. The predicted octanol–water partition coefficient (Wildman–Crippen LogP) is 3.94. The van der Waals surface area contributed by atoms with Gasteiger partial charge >= 0.3 is 0 Å². The molecule has 2 aromatic rings. The average Bonchev–Trinajstić information content (AvgIpc) is 2.97. The van der Waals surface area contributed by atoms with Crippen LogP contribution in [-0.4, -0.2) is 22.8 Å². The summed E-state index contributed by atoms with van der Waals surface area (Å²) >= 11 is 0. The molecule has 0 saturated heterocycles. The number of ether oxygens (including phenoxy) is 1. The van der Waals surface area contributed by atoms with E-state index in [-0.39, 0.29) is 29.8 Å². The Balaban J connectivity index is 1.75. The number of carbonyl (C=O) groups excluding carboxylic acids is 1. The van der Waals surface area contributed by atoms with Crippen molar-refractivity contribution in [1.29, 1.82) is 0 Å².